The van der Waals surface area contributed by atoms with Crippen molar-refractivity contribution in [1.82, 2.24) is 19.8 Å². The van der Waals surface area contributed by atoms with Gasteiger partial charge in [0.15, 0.2) is 0 Å². The molecule has 128 valence electrons. The van der Waals surface area contributed by atoms with Crippen LogP contribution in [0.3, 0.4) is 0 Å². The van der Waals surface area contributed by atoms with Crippen LogP contribution in [0.4, 0.5) is 0 Å². The predicted octanol–water partition coefficient (Wildman–Crippen LogP) is 1.12. The highest BCUT2D eigenvalue weighted by Gasteiger charge is 2.35. The lowest BCUT2D eigenvalue weighted by molar-refractivity contribution is -0.0726. The monoisotopic (exact) mass is 320 g/mol. The fourth-order valence-corrected chi connectivity index (χ4v) is 3.41. The summed E-state index contributed by atoms with van der Waals surface area (Å²) in [4.78, 5) is 7.03. The smallest absolute Gasteiger partial charge is 0.128 e. The second-order valence-corrected chi connectivity index (χ2v) is 6.21. The van der Waals surface area contributed by atoms with Crippen LogP contribution < -0.4 is 5.32 Å². The summed E-state index contributed by atoms with van der Waals surface area (Å²) in [6, 6.07) is 0.206. The minimum Gasteiger partial charge on any atom is -0.377 e. The molecule has 1 aromatic heterocycles. The number of hydrogen-bond acceptors (Lipinski definition) is 5. The number of aromatic nitrogens is 2. The number of hydrogen-bond donors (Lipinski definition) is 1. The van der Waals surface area contributed by atoms with Gasteiger partial charge in [0.25, 0.3) is 0 Å². The summed E-state index contributed by atoms with van der Waals surface area (Å²) in [6.07, 6.45) is 7.30. The van der Waals surface area contributed by atoms with Crippen LogP contribution in [0.2, 0.25) is 0 Å². The van der Waals surface area contributed by atoms with Crippen LogP contribution in [-0.4, -0.2) is 66.6 Å². The first kappa shape index (κ1) is 16.6. The molecular formula is C17H28N4O2. The summed E-state index contributed by atoms with van der Waals surface area (Å²) in [5.74, 6) is 1.08. The van der Waals surface area contributed by atoms with Crippen molar-refractivity contribution in [3.05, 3.63) is 29.9 Å². The predicted molar refractivity (Wildman–Crippen MR) is 89.3 cm³/mol. The Labute approximate surface area is 138 Å². The van der Waals surface area contributed by atoms with E-state index in [1.165, 1.54) is 5.57 Å². The van der Waals surface area contributed by atoms with Gasteiger partial charge in [-0.3, -0.25) is 4.90 Å². The van der Waals surface area contributed by atoms with Gasteiger partial charge in [-0.25, -0.2) is 4.98 Å². The van der Waals surface area contributed by atoms with E-state index >= 15 is 0 Å². The van der Waals surface area contributed by atoms with Crippen LogP contribution in [0, 0.1) is 0 Å². The van der Waals surface area contributed by atoms with Crippen molar-refractivity contribution >= 4 is 0 Å². The average molecular weight is 320 g/mol. The highest BCUT2D eigenvalue weighted by molar-refractivity contribution is 5.08. The third-order valence-corrected chi connectivity index (χ3v) is 4.67. The number of nitrogens with one attached hydrogen (secondary N) is 1. The molecule has 2 aliphatic heterocycles. The Bertz CT molecular complexity index is 528. The third kappa shape index (κ3) is 4.01. The minimum absolute atomic E-state index is 0.120. The van der Waals surface area contributed by atoms with E-state index in [2.05, 4.69) is 39.8 Å². The van der Waals surface area contributed by atoms with Crippen LogP contribution >= 0.6 is 0 Å². The molecule has 0 spiro atoms. The first-order valence-electron chi connectivity index (χ1n) is 8.59. The van der Waals surface area contributed by atoms with Gasteiger partial charge in [-0.15, -0.1) is 0 Å². The Kier molecular flexibility index (Phi) is 5.83. The number of morpholine rings is 1. The highest BCUT2D eigenvalue weighted by atomic mass is 16.5. The maximum atomic E-state index is 6.08. The largest absolute Gasteiger partial charge is 0.377 e. The lowest BCUT2D eigenvalue weighted by Gasteiger charge is -2.40. The van der Waals surface area contributed by atoms with Crippen molar-refractivity contribution in [2.45, 2.75) is 25.5 Å². The zero-order chi connectivity index (χ0) is 16.1. The Balaban J connectivity index is 1.63. The van der Waals surface area contributed by atoms with Gasteiger partial charge >= 0.3 is 0 Å². The SMILES string of the molecule is CCN1CCO[C@@H](CNCC2=CCCOC2)[C@@H]1c1nccn1C. The molecule has 0 aliphatic carbocycles. The van der Waals surface area contributed by atoms with Crippen LogP contribution in [0.25, 0.3) is 0 Å². The van der Waals surface area contributed by atoms with Crippen molar-refractivity contribution in [2.24, 2.45) is 7.05 Å². The zero-order valence-corrected chi connectivity index (χ0v) is 14.2. The summed E-state index contributed by atoms with van der Waals surface area (Å²) in [7, 11) is 2.06. The standard InChI is InChI=1S/C17H28N4O2/c1-3-21-8-10-23-15(16(21)17-19-6-7-20(17)2)12-18-11-14-5-4-9-22-13-14/h5-7,15-16,18H,3-4,8-13H2,1-2H3/t15-,16+/m0/s1. The fraction of sp³-hybridized carbons (Fsp3) is 0.706. The maximum absolute atomic E-state index is 6.08. The molecule has 1 N–H and O–H groups in total. The van der Waals surface area contributed by atoms with E-state index in [0.717, 1.165) is 58.2 Å². The van der Waals surface area contributed by atoms with Gasteiger partial charge in [0.05, 0.1) is 32.0 Å². The third-order valence-electron chi connectivity index (χ3n) is 4.67. The van der Waals surface area contributed by atoms with Gasteiger partial charge in [-0.1, -0.05) is 13.0 Å². The summed E-state index contributed by atoms with van der Waals surface area (Å²) >= 11 is 0. The van der Waals surface area contributed by atoms with E-state index in [1.807, 2.05) is 12.4 Å². The second-order valence-electron chi connectivity index (χ2n) is 6.21. The van der Waals surface area contributed by atoms with Gasteiger partial charge in [-0.05, 0) is 18.5 Å². The van der Waals surface area contributed by atoms with E-state index in [1.54, 1.807) is 0 Å². The second kappa shape index (κ2) is 8.06. The van der Waals surface area contributed by atoms with E-state index in [4.69, 9.17) is 9.47 Å². The molecule has 0 amide bonds. The van der Waals surface area contributed by atoms with Gasteiger partial charge in [-0.2, -0.15) is 0 Å². The molecule has 0 aromatic carbocycles. The highest BCUT2D eigenvalue weighted by Crippen LogP contribution is 2.27. The topological polar surface area (TPSA) is 51.6 Å². The van der Waals surface area contributed by atoms with Crippen molar-refractivity contribution in [2.75, 3.05) is 46.0 Å². The molecule has 1 saturated heterocycles. The Morgan fingerprint density at radius 2 is 2.30 bits per heavy atom. The summed E-state index contributed by atoms with van der Waals surface area (Å²) in [5.41, 5.74) is 1.34. The normalized spacial score (nSPS) is 26.3. The lowest BCUT2D eigenvalue weighted by atomic mass is 10.1. The van der Waals surface area contributed by atoms with Crippen molar-refractivity contribution < 1.29 is 9.47 Å². The molecule has 2 aliphatic rings. The van der Waals surface area contributed by atoms with Gasteiger partial charge in [0.1, 0.15) is 5.82 Å². The molecule has 6 nitrogen and oxygen atoms in total. The molecule has 3 heterocycles. The summed E-state index contributed by atoms with van der Waals surface area (Å²) in [6.45, 7) is 8.26. The summed E-state index contributed by atoms with van der Waals surface area (Å²) < 4.78 is 13.7. The maximum Gasteiger partial charge on any atom is 0.128 e. The minimum atomic E-state index is 0.120. The molecule has 23 heavy (non-hydrogen) atoms. The number of rotatable bonds is 6. The number of aryl methyl sites for hydroxylation is 1. The molecule has 2 atom stereocenters. The van der Waals surface area contributed by atoms with Crippen LogP contribution in [0.5, 0.6) is 0 Å². The Morgan fingerprint density at radius 3 is 3.00 bits per heavy atom. The molecule has 0 radical (unpaired) electrons. The number of nitrogens with zero attached hydrogens (tertiary/aromatic N) is 3. The van der Waals surface area contributed by atoms with Crippen molar-refractivity contribution in [1.29, 1.82) is 0 Å². The molecule has 0 saturated carbocycles. The summed E-state index contributed by atoms with van der Waals surface area (Å²) in [5, 5.41) is 3.54. The first-order valence-corrected chi connectivity index (χ1v) is 8.59. The van der Waals surface area contributed by atoms with Gasteiger partial charge in [0.2, 0.25) is 0 Å². The van der Waals surface area contributed by atoms with E-state index in [9.17, 15) is 0 Å². The van der Waals surface area contributed by atoms with Gasteiger partial charge < -0.3 is 19.4 Å². The fourth-order valence-electron chi connectivity index (χ4n) is 3.41. The van der Waals surface area contributed by atoms with Crippen LogP contribution in [0.1, 0.15) is 25.2 Å². The first-order chi connectivity index (χ1) is 11.3. The molecular weight excluding hydrogens is 292 g/mol. The molecule has 0 bridgehead atoms. The zero-order valence-electron chi connectivity index (χ0n) is 14.2. The molecule has 0 unspecified atom stereocenters. The van der Waals surface area contributed by atoms with Crippen molar-refractivity contribution in [3.8, 4) is 0 Å². The van der Waals surface area contributed by atoms with E-state index in [-0.39, 0.29) is 12.1 Å². The average Bonchev–Trinajstić information content (AvgIpc) is 3.01. The van der Waals surface area contributed by atoms with Gasteiger partial charge in [0, 0.05) is 39.1 Å². The van der Waals surface area contributed by atoms with E-state index in [0.29, 0.717) is 0 Å². The number of likely N-dealkylation sites (N-methyl/N-ethyl adjacent to an activating group) is 1. The van der Waals surface area contributed by atoms with E-state index < -0.39 is 0 Å². The van der Waals surface area contributed by atoms with Crippen LogP contribution in [-0.2, 0) is 16.5 Å². The Morgan fingerprint density at radius 1 is 1.39 bits per heavy atom. The van der Waals surface area contributed by atoms with Crippen LogP contribution in [0.15, 0.2) is 24.0 Å². The number of ether oxygens (including phenoxy) is 2. The Hall–Kier alpha value is -1.21. The number of imidazole rings is 1. The quantitative estimate of drug-likeness (QED) is 0.796. The molecule has 6 heteroatoms. The lowest BCUT2D eigenvalue weighted by Crippen LogP contribution is -2.50. The molecule has 1 fully saturated rings. The molecule has 3 rings (SSSR count). The van der Waals surface area contributed by atoms with Crippen molar-refractivity contribution in [3.63, 3.8) is 0 Å². The molecule has 1 aromatic rings.